The van der Waals surface area contributed by atoms with Crippen LogP contribution in [0, 0.1) is 0 Å². The molecule has 0 amide bonds. The molecule has 1 aliphatic rings. The Morgan fingerprint density at radius 2 is 1.77 bits per heavy atom. The molecule has 0 N–H and O–H groups in total. The topological polar surface area (TPSA) is 35.5 Å². The Morgan fingerprint density at radius 1 is 1.05 bits per heavy atom. The zero-order chi connectivity index (χ0) is 15.4. The molecule has 0 fully saturated rings. The van der Waals surface area contributed by atoms with E-state index in [1.165, 1.54) is 11.8 Å². The molecule has 0 aliphatic carbocycles. The zero-order valence-electron chi connectivity index (χ0n) is 11.9. The summed E-state index contributed by atoms with van der Waals surface area (Å²) < 4.78 is 11.3. The predicted molar refractivity (Wildman–Crippen MR) is 88.6 cm³/mol. The fraction of sp³-hybridized carbons (Fsp3) is 0.235. The van der Waals surface area contributed by atoms with Gasteiger partial charge < -0.3 is 9.47 Å². The highest BCUT2D eigenvalue weighted by atomic mass is 35.5. The number of ketones is 1. The van der Waals surface area contributed by atoms with Crippen LogP contribution in [0.15, 0.2) is 47.4 Å². The molecule has 2 aromatic rings. The quantitative estimate of drug-likeness (QED) is 0.610. The third kappa shape index (κ3) is 3.76. The van der Waals surface area contributed by atoms with E-state index >= 15 is 0 Å². The molecule has 0 unspecified atom stereocenters. The second kappa shape index (κ2) is 7.07. The first-order chi connectivity index (χ1) is 10.7. The molecule has 114 valence electrons. The largest absolute Gasteiger partial charge is 0.490 e. The van der Waals surface area contributed by atoms with E-state index in [1.807, 2.05) is 18.2 Å². The lowest BCUT2D eigenvalue weighted by atomic mass is 10.1. The lowest BCUT2D eigenvalue weighted by Gasteiger charge is -2.09. The molecule has 0 saturated heterocycles. The molecule has 2 aromatic carbocycles. The average Bonchev–Trinajstić information content (AvgIpc) is 2.78. The molecule has 22 heavy (non-hydrogen) atoms. The van der Waals surface area contributed by atoms with Gasteiger partial charge in [0, 0.05) is 21.9 Å². The maximum atomic E-state index is 12.2. The van der Waals surface area contributed by atoms with E-state index in [9.17, 15) is 4.79 Å². The van der Waals surface area contributed by atoms with E-state index in [-0.39, 0.29) is 5.78 Å². The Bertz CT molecular complexity index is 670. The van der Waals surface area contributed by atoms with Gasteiger partial charge in [0.1, 0.15) is 0 Å². The number of ether oxygens (including phenoxy) is 2. The standard InChI is InChI=1S/C17H15ClO3S/c18-13-4-2-12(3-5-13)15(19)11-22-14-6-7-16-17(10-14)21-9-1-8-20-16/h2-7,10H,1,8-9,11H2. The number of halogens is 1. The third-order valence-corrected chi connectivity index (χ3v) is 4.50. The number of Topliss-reactive ketones (excluding diaryl/α,β-unsaturated/α-hetero) is 1. The van der Waals surface area contributed by atoms with E-state index in [4.69, 9.17) is 21.1 Å². The molecular formula is C17H15ClO3S. The first-order valence-corrected chi connectivity index (χ1v) is 8.40. The molecule has 0 atom stereocenters. The van der Waals surface area contributed by atoms with Crippen LogP contribution < -0.4 is 9.47 Å². The van der Waals surface area contributed by atoms with Crippen LogP contribution in [0.2, 0.25) is 5.02 Å². The van der Waals surface area contributed by atoms with Crippen LogP contribution in [0.4, 0.5) is 0 Å². The molecule has 1 heterocycles. The number of carbonyl (C=O) groups is 1. The SMILES string of the molecule is O=C(CSc1ccc2c(c1)OCCCO2)c1ccc(Cl)cc1. The van der Waals surface area contributed by atoms with E-state index in [0.29, 0.717) is 29.6 Å². The number of benzene rings is 2. The summed E-state index contributed by atoms with van der Waals surface area (Å²) in [7, 11) is 0. The highest BCUT2D eigenvalue weighted by molar-refractivity contribution is 8.00. The van der Waals surface area contributed by atoms with Crippen LogP contribution >= 0.6 is 23.4 Å². The van der Waals surface area contributed by atoms with Crippen molar-refractivity contribution in [2.45, 2.75) is 11.3 Å². The molecular weight excluding hydrogens is 320 g/mol. The van der Waals surface area contributed by atoms with Gasteiger partial charge in [-0.3, -0.25) is 4.79 Å². The predicted octanol–water partition coefficient (Wildman–Crippen LogP) is 4.48. The minimum absolute atomic E-state index is 0.0776. The first-order valence-electron chi connectivity index (χ1n) is 7.03. The van der Waals surface area contributed by atoms with Gasteiger partial charge >= 0.3 is 0 Å². The van der Waals surface area contributed by atoms with Crippen molar-refractivity contribution >= 4 is 29.1 Å². The van der Waals surface area contributed by atoms with Crippen LogP contribution in [0.5, 0.6) is 11.5 Å². The van der Waals surface area contributed by atoms with Gasteiger partial charge in [0.05, 0.1) is 19.0 Å². The summed E-state index contributed by atoms with van der Waals surface area (Å²) >= 11 is 7.32. The monoisotopic (exact) mass is 334 g/mol. The Labute approximate surface area is 138 Å². The van der Waals surface area contributed by atoms with Crippen molar-refractivity contribution in [3.63, 3.8) is 0 Å². The summed E-state index contributed by atoms with van der Waals surface area (Å²) in [6, 6.07) is 12.7. The number of carbonyl (C=O) groups excluding carboxylic acids is 1. The van der Waals surface area contributed by atoms with Gasteiger partial charge in [-0.1, -0.05) is 11.6 Å². The minimum atomic E-state index is 0.0776. The molecule has 0 aromatic heterocycles. The molecule has 0 bridgehead atoms. The van der Waals surface area contributed by atoms with E-state index in [1.54, 1.807) is 24.3 Å². The van der Waals surface area contributed by atoms with Gasteiger partial charge in [0.25, 0.3) is 0 Å². The molecule has 0 spiro atoms. The van der Waals surface area contributed by atoms with Crippen LogP contribution in [0.25, 0.3) is 0 Å². The van der Waals surface area contributed by atoms with Gasteiger partial charge in [-0.05, 0) is 42.5 Å². The number of fused-ring (bicyclic) bond motifs is 1. The maximum Gasteiger partial charge on any atom is 0.173 e. The third-order valence-electron chi connectivity index (χ3n) is 3.26. The van der Waals surface area contributed by atoms with Gasteiger partial charge in [0.15, 0.2) is 17.3 Å². The van der Waals surface area contributed by atoms with Crippen LogP contribution in [-0.2, 0) is 0 Å². The Morgan fingerprint density at radius 3 is 2.55 bits per heavy atom. The zero-order valence-corrected chi connectivity index (χ0v) is 13.5. The van der Waals surface area contributed by atoms with Gasteiger partial charge in [-0.15, -0.1) is 11.8 Å². The summed E-state index contributed by atoms with van der Waals surface area (Å²) in [5, 5.41) is 0.632. The van der Waals surface area contributed by atoms with E-state index in [2.05, 4.69) is 0 Å². The molecule has 0 saturated carbocycles. The Kier molecular flexibility index (Phi) is 4.90. The highest BCUT2D eigenvalue weighted by Crippen LogP contribution is 2.34. The normalized spacial score (nSPS) is 13.5. The van der Waals surface area contributed by atoms with E-state index < -0.39 is 0 Å². The van der Waals surface area contributed by atoms with Crippen molar-refractivity contribution in [1.82, 2.24) is 0 Å². The summed E-state index contributed by atoms with van der Waals surface area (Å²) in [6.07, 6.45) is 0.881. The smallest absolute Gasteiger partial charge is 0.173 e. The molecule has 3 nitrogen and oxygen atoms in total. The fourth-order valence-corrected chi connectivity index (χ4v) is 3.05. The summed E-state index contributed by atoms with van der Waals surface area (Å²) in [5.74, 6) is 1.97. The first kappa shape index (κ1) is 15.3. The van der Waals surface area contributed by atoms with Crippen molar-refractivity contribution in [2.75, 3.05) is 19.0 Å². The van der Waals surface area contributed by atoms with Gasteiger partial charge in [-0.25, -0.2) is 0 Å². The summed E-state index contributed by atoms with van der Waals surface area (Å²) in [4.78, 5) is 13.1. The fourth-order valence-electron chi connectivity index (χ4n) is 2.10. The maximum absolute atomic E-state index is 12.2. The highest BCUT2D eigenvalue weighted by Gasteiger charge is 2.12. The van der Waals surface area contributed by atoms with Crippen LogP contribution in [0.1, 0.15) is 16.8 Å². The second-order valence-electron chi connectivity index (χ2n) is 4.88. The number of thioether (sulfide) groups is 1. The average molecular weight is 335 g/mol. The summed E-state index contributed by atoms with van der Waals surface area (Å²) in [6.45, 7) is 1.33. The van der Waals surface area contributed by atoms with Crippen molar-refractivity contribution in [1.29, 1.82) is 0 Å². The van der Waals surface area contributed by atoms with Crippen molar-refractivity contribution in [2.24, 2.45) is 0 Å². The second-order valence-corrected chi connectivity index (χ2v) is 6.36. The number of hydrogen-bond donors (Lipinski definition) is 0. The molecule has 0 radical (unpaired) electrons. The van der Waals surface area contributed by atoms with Crippen molar-refractivity contribution in [3.8, 4) is 11.5 Å². The van der Waals surface area contributed by atoms with Crippen molar-refractivity contribution < 1.29 is 14.3 Å². The summed E-state index contributed by atoms with van der Waals surface area (Å²) in [5.41, 5.74) is 0.672. The lowest BCUT2D eigenvalue weighted by molar-refractivity contribution is 0.102. The Hall–Kier alpha value is -1.65. The number of rotatable bonds is 4. The Balaban J connectivity index is 1.65. The van der Waals surface area contributed by atoms with Crippen LogP contribution in [-0.4, -0.2) is 24.7 Å². The van der Waals surface area contributed by atoms with Gasteiger partial charge in [-0.2, -0.15) is 0 Å². The van der Waals surface area contributed by atoms with Gasteiger partial charge in [0.2, 0.25) is 0 Å². The molecule has 5 heteroatoms. The molecule has 3 rings (SSSR count). The molecule has 1 aliphatic heterocycles. The van der Waals surface area contributed by atoms with E-state index in [0.717, 1.165) is 22.8 Å². The van der Waals surface area contributed by atoms with Crippen LogP contribution in [0.3, 0.4) is 0 Å². The lowest BCUT2D eigenvalue weighted by Crippen LogP contribution is -2.01. The number of hydrogen-bond acceptors (Lipinski definition) is 4. The van der Waals surface area contributed by atoms with Crippen molar-refractivity contribution in [3.05, 3.63) is 53.1 Å². The minimum Gasteiger partial charge on any atom is -0.490 e.